The van der Waals surface area contributed by atoms with Crippen molar-refractivity contribution in [1.82, 2.24) is 14.8 Å². The Labute approximate surface area is 191 Å². The lowest BCUT2D eigenvalue weighted by molar-refractivity contribution is 0.0331. The molecule has 1 aliphatic rings. The summed E-state index contributed by atoms with van der Waals surface area (Å²) in [4.78, 5) is 22.1. The molecule has 32 heavy (non-hydrogen) atoms. The molecule has 0 bridgehead atoms. The quantitative estimate of drug-likeness (QED) is 0.677. The lowest BCUT2D eigenvalue weighted by atomic mass is 9.99. The molecule has 2 heterocycles. The average Bonchev–Trinajstić information content (AvgIpc) is 2.80. The van der Waals surface area contributed by atoms with Crippen LogP contribution in [0.5, 0.6) is 11.6 Å². The highest BCUT2D eigenvalue weighted by Gasteiger charge is 2.34. The molecule has 0 saturated heterocycles. The Morgan fingerprint density at radius 1 is 1.31 bits per heavy atom. The van der Waals surface area contributed by atoms with Gasteiger partial charge in [0.1, 0.15) is 17.4 Å². The van der Waals surface area contributed by atoms with Crippen molar-refractivity contribution >= 4 is 5.91 Å². The largest absolute Gasteiger partial charge is 0.497 e. The number of amides is 1. The first kappa shape index (κ1) is 24.0. The minimum Gasteiger partial charge on any atom is -0.497 e. The van der Waals surface area contributed by atoms with Gasteiger partial charge in [0.15, 0.2) is 0 Å². The Balaban J connectivity index is 2.01. The van der Waals surface area contributed by atoms with E-state index in [-0.39, 0.29) is 30.6 Å². The van der Waals surface area contributed by atoms with Gasteiger partial charge in [-0.2, -0.15) is 0 Å². The summed E-state index contributed by atoms with van der Waals surface area (Å²) >= 11 is 0. The molecule has 0 aliphatic carbocycles. The van der Waals surface area contributed by atoms with Crippen molar-refractivity contribution in [2.45, 2.75) is 39.3 Å². The molecule has 3 rings (SSSR count). The van der Waals surface area contributed by atoms with Crippen LogP contribution in [-0.2, 0) is 0 Å². The highest BCUT2D eigenvalue weighted by molar-refractivity contribution is 5.98. The molecule has 2 aromatic rings. The van der Waals surface area contributed by atoms with Crippen LogP contribution < -0.4 is 9.47 Å². The number of benzene rings is 1. The highest BCUT2D eigenvalue weighted by Crippen LogP contribution is 2.31. The molecule has 1 N–H and O–H groups in total. The van der Waals surface area contributed by atoms with E-state index in [1.165, 1.54) is 0 Å². The molecule has 0 saturated carbocycles. The van der Waals surface area contributed by atoms with Gasteiger partial charge in [0, 0.05) is 30.8 Å². The second-order valence-electron chi connectivity index (χ2n) is 8.69. The summed E-state index contributed by atoms with van der Waals surface area (Å²) in [6.45, 7) is 8.24. The van der Waals surface area contributed by atoms with Gasteiger partial charge in [-0.3, -0.25) is 4.79 Å². The van der Waals surface area contributed by atoms with Gasteiger partial charge in [-0.15, -0.1) is 0 Å². The SMILES string of the molecule is CCCN(C)C[C@@H]1Oc2ncc(-c3ccc(OC)cc3)cc2C(=O)N([C@H](C)CO)C[C@@H]1C. The van der Waals surface area contributed by atoms with E-state index in [1.54, 1.807) is 18.2 Å². The lowest BCUT2D eigenvalue weighted by Crippen LogP contribution is -2.50. The third-order valence-corrected chi connectivity index (χ3v) is 6.04. The molecule has 7 heteroatoms. The second kappa shape index (κ2) is 10.8. The number of hydrogen-bond donors (Lipinski definition) is 1. The molecule has 174 valence electrons. The zero-order valence-electron chi connectivity index (χ0n) is 19.7. The van der Waals surface area contributed by atoms with E-state index in [2.05, 4.69) is 30.8 Å². The first-order chi connectivity index (χ1) is 15.4. The van der Waals surface area contributed by atoms with Crippen LogP contribution in [0.1, 0.15) is 37.6 Å². The van der Waals surface area contributed by atoms with Crippen molar-refractivity contribution in [3.63, 3.8) is 0 Å². The highest BCUT2D eigenvalue weighted by atomic mass is 16.5. The molecule has 1 aromatic carbocycles. The fourth-order valence-corrected chi connectivity index (χ4v) is 4.04. The molecule has 1 aromatic heterocycles. The molecule has 0 unspecified atom stereocenters. The van der Waals surface area contributed by atoms with E-state index >= 15 is 0 Å². The van der Waals surface area contributed by atoms with Crippen molar-refractivity contribution in [2.75, 3.05) is 40.4 Å². The molecule has 1 aliphatic heterocycles. The number of rotatable bonds is 8. The Bertz CT molecular complexity index is 903. The van der Waals surface area contributed by atoms with Gasteiger partial charge < -0.3 is 24.4 Å². The Hall–Kier alpha value is -2.64. The van der Waals surface area contributed by atoms with Crippen LogP contribution in [0, 0.1) is 5.92 Å². The fraction of sp³-hybridized carbons (Fsp3) is 0.520. The second-order valence-corrected chi connectivity index (χ2v) is 8.69. The first-order valence-electron chi connectivity index (χ1n) is 11.3. The summed E-state index contributed by atoms with van der Waals surface area (Å²) in [5.74, 6) is 1.03. The van der Waals surface area contributed by atoms with Crippen molar-refractivity contribution in [1.29, 1.82) is 0 Å². The number of aliphatic hydroxyl groups is 1. The molecular weight excluding hydrogens is 406 g/mol. The zero-order chi connectivity index (χ0) is 23.3. The van der Waals surface area contributed by atoms with Gasteiger partial charge in [0.05, 0.1) is 19.8 Å². The molecular formula is C25H35N3O4. The summed E-state index contributed by atoms with van der Waals surface area (Å²) in [5, 5.41) is 9.80. The van der Waals surface area contributed by atoms with Gasteiger partial charge in [-0.05, 0) is 50.7 Å². The third kappa shape index (κ3) is 5.40. The van der Waals surface area contributed by atoms with Gasteiger partial charge in [0.25, 0.3) is 5.91 Å². The summed E-state index contributed by atoms with van der Waals surface area (Å²) in [5.41, 5.74) is 2.19. The summed E-state index contributed by atoms with van der Waals surface area (Å²) in [6, 6.07) is 9.18. The molecule has 1 amide bonds. The van der Waals surface area contributed by atoms with E-state index in [9.17, 15) is 9.90 Å². The van der Waals surface area contributed by atoms with Gasteiger partial charge in [0.2, 0.25) is 5.88 Å². The maximum atomic E-state index is 13.5. The number of pyridine rings is 1. The molecule has 0 fully saturated rings. The van der Waals surface area contributed by atoms with E-state index in [4.69, 9.17) is 9.47 Å². The number of nitrogens with zero attached hydrogens (tertiary/aromatic N) is 3. The maximum Gasteiger partial charge on any atom is 0.259 e. The number of aliphatic hydroxyl groups excluding tert-OH is 1. The van der Waals surface area contributed by atoms with Crippen LogP contribution in [0.25, 0.3) is 11.1 Å². The van der Waals surface area contributed by atoms with E-state index in [0.29, 0.717) is 18.0 Å². The van der Waals surface area contributed by atoms with Crippen LogP contribution in [0.4, 0.5) is 0 Å². The number of hydrogen-bond acceptors (Lipinski definition) is 6. The molecule has 0 radical (unpaired) electrons. The van der Waals surface area contributed by atoms with E-state index in [0.717, 1.165) is 36.4 Å². The van der Waals surface area contributed by atoms with Crippen LogP contribution in [-0.4, -0.2) is 78.3 Å². The predicted molar refractivity (Wildman–Crippen MR) is 125 cm³/mol. The molecule has 7 nitrogen and oxygen atoms in total. The predicted octanol–water partition coefficient (Wildman–Crippen LogP) is 3.32. The first-order valence-corrected chi connectivity index (χ1v) is 11.3. The van der Waals surface area contributed by atoms with E-state index in [1.807, 2.05) is 37.3 Å². The fourth-order valence-electron chi connectivity index (χ4n) is 4.04. The smallest absolute Gasteiger partial charge is 0.259 e. The van der Waals surface area contributed by atoms with Crippen LogP contribution in [0.3, 0.4) is 0 Å². The molecule has 0 spiro atoms. The number of carbonyl (C=O) groups excluding carboxylic acids is 1. The number of aromatic nitrogens is 1. The minimum absolute atomic E-state index is 0.0865. The third-order valence-electron chi connectivity index (χ3n) is 6.04. The minimum atomic E-state index is -0.297. The Morgan fingerprint density at radius 2 is 2.03 bits per heavy atom. The Morgan fingerprint density at radius 3 is 2.66 bits per heavy atom. The molecule has 3 atom stereocenters. The van der Waals surface area contributed by atoms with Crippen molar-refractivity contribution in [2.24, 2.45) is 5.92 Å². The monoisotopic (exact) mass is 441 g/mol. The maximum absolute atomic E-state index is 13.5. The lowest BCUT2D eigenvalue weighted by Gasteiger charge is -2.37. The van der Waals surface area contributed by atoms with Crippen molar-refractivity contribution in [3.8, 4) is 22.8 Å². The number of ether oxygens (including phenoxy) is 2. The van der Waals surface area contributed by atoms with Crippen LogP contribution in [0.2, 0.25) is 0 Å². The zero-order valence-corrected chi connectivity index (χ0v) is 19.7. The van der Waals surface area contributed by atoms with E-state index < -0.39 is 0 Å². The summed E-state index contributed by atoms with van der Waals surface area (Å²) in [6.07, 6.45) is 2.68. The normalized spacial score (nSPS) is 19.7. The number of likely N-dealkylation sites (N-methyl/N-ethyl adjacent to an activating group) is 1. The number of fused-ring (bicyclic) bond motifs is 1. The topological polar surface area (TPSA) is 75.1 Å². The van der Waals surface area contributed by atoms with Gasteiger partial charge in [-0.25, -0.2) is 4.98 Å². The number of methoxy groups -OCH3 is 1. The van der Waals surface area contributed by atoms with Crippen molar-refractivity contribution < 1.29 is 19.4 Å². The summed E-state index contributed by atoms with van der Waals surface area (Å²) in [7, 11) is 3.71. The van der Waals surface area contributed by atoms with Gasteiger partial charge in [-0.1, -0.05) is 26.0 Å². The Kier molecular flexibility index (Phi) is 8.10. The van der Waals surface area contributed by atoms with Gasteiger partial charge >= 0.3 is 0 Å². The van der Waals surface area contributed by atoms with Crippen LogP contribution in [0.15, 0.2) is 36.5 Å². The average molecular weight is 442 g/mol. The van der Waals surface area contributed by atoms with Crippen LogP contribution >= 0.6 is 0 Å². The van der Waals surface area contributed by atoms with Crippen molar-refractivity contribution in [3.05, 3.63) is 42.1 Å². The number of carbonyl (C=O) groups is 1. The standard InChI is InChI=1S/C25H35N3O4/c1-6-11-27(4)15-23-17(2)14-28(18(3)16-29)25(30)22-12-20(13-26-24(22)32-23)19-7-9-21(31-5)10-8-19/h7-10,12-13,17-18,23,29H,6,11,14-16H2,1-5H3/t17-,18+,23-/m0/s1. The summed E-state index contributed by atoms with van der Waals surface area (Å²) < 4.78 is 11.6.